The molecule has 2 atom stereocenters. The molecule has 0 bridgehead atoms. The van der Waals surface area contributed by atoms with Gasteiger partial charge in [-0.1, -0.05) is 214 Å². The van der Waals surface area contributed by atoms with Crippen LogP contribution in [0.25, 0.3) is 0 Å². The lowest BCUT2D eigenvalue weighted by Gasteiger charge is -2.19. The second kappa shape index (κ2) is 46.7. The lowest BCUT2D eigenvalue weighted by atomic mass is 9.95. The molecule has 0 fully saturated rings. The van der Waals surface area contributed by atoms with E-state index < -0.39 is 0 Å². The second-order valence-corrected chi connectivity index (χ2v) is 16.9. The fourth-order valence-electron chi connectivity index (χ4n) is 7.54. The summed E-state index contributed by atoms with van der Waals surface area (Å²) < 4.78 is 18.3. The molecule has 2 unspecified atom stereocenters. The summed E-state index contributed by atoms with van der Waals surface area (Å²) in [7, 11) is 0. The van der Waals surface area contributed by atoms with Gasteiger partial charge in [-0.2, -0.15) is 0 Å². The lowest BCUT2D eigenvalue weighted by molar-refractivity contribution is -0.145. The molecule has 0 heterocycles. The normalized spacial score (nSPS) is 12.7. The van der Waals surface area contributed by atoms with Crippen LogP contribution in [0.4, 0.5) is 0 Å². The third-order valence-corrected chi connectivity index (χ3v) is 11.3. The van der Waals surface area contributed by atoms with Gasteiger partial charge >= 0.3 is 5.97 Å². The molecule has 0 aromatic rings. The number of carbonyl (C=O) groups is 1. The summed E-state index contributed by atoms with van der Waals surface area (Å²) in [6.07, 6.45) is 46.3. The Kier molecular flexibility index (Phi) is 46.2. The third-order valence-electron chi connectivity index (χ3n) is 11.3. The summed E-state index contributed by atoms with van der Waals surface area (Å²) in [6, 6.07) is 0. The van der Waals surface area contributed by atoms with Crippen LogP contribution in [0.2, 0.25) is 0 Å². The van der Waals surface area contributed by atoms with Crippen molar-refractivity contribution in [2.45, 2.75) is 265 Å². The molecule has 0 amide bonds. The van der Waals surface area contributed by atoms with E-state index in [2.05, 4.69) is 33.0 Å². The SMILES string of the molecule is CCCCCCCCCCCCOCC(CNCCCCCC(=O)OCC(CCCCCC)CCCCCCCC)OCCCCCCCCCCCC. The van der Waals surface area contributed by atoms with Gasteiger partial charge in [0, 0.05) is 26.2 Å². The summed E-state index contributed by atoms with van der Waals surface area (Å²) in [5.74, 6) is 0.546. The Labute approximate surface area is 339 Å². The molecule has 0 saturated heterocycles. The maximum absolute atomic E-state index is 12.6. The largest absolute Gasteiger partial charge is 0.465 e. The van der Waals surface area contributed by atoms with E-state index in [0.29, 0.717) is 25.6 Å². The summed E-state index contributed by atoms with van der Waals surface area (Å²) in [4.78, 5) is 12.6. The van der Waals surface area contributed by atoms with Crippen molar-refractivity contribution < 1.29 is 19.0 Å². The van der Waals surface area contributed by atoms with Crippen molar-refractivity contribution in [2.75, 3.05) is 39.5 Å². The Balaban J connectivity index is 4.27. The predicted molar refractivity (Wildman–Crippen MR) is 237 cm³/mol. The van der Waals surface area contributed by atoms with Gasteiger partial charge in [-0.15, -0.1) is 0 Å². The van der Waals surface area contributed by atoms with Crippen LogP contribution in [-0.4, -0.2) is 51.6 Å². The van der Waals surface area contributed by atoms with Crippen LogP contribution < -0.4 is 5.32 Å². The first-order valence-corrected chi connectivity index (χ1v) is 24.7. The zero-order valence-electron chi connectivity index (χ0n) is 37.5. The zero-order chi connectivity index (χ0) is 39.3. The first-order chi connectivity index (χ1) is 26.7. The fraction of sp³-hybridized carbons (Fsp3) is 0.980. The van der Waals surface area contributed by atoms with E-state index in [4.69, 9.17) is 14.2 Å². The standard InChI is InChI=1S/C49H99NO4/c1-5-9-13-17-20-22-24-26-29-36-42-52-46-48(53-43-37-30-27-25-23-21-18-14-10-6-2)44-50-41-35-31-34-40-49(51)54-45-47(38-32-16-12-8-4)39-33-28-19-15-11-7-3/h47-48,50H,5-46H2,1-4H3. The van der Waals surface area contributed by atoms with Crippen molar-refractivity contribution in [3.63, 3.8) is 0 Å². The molecule has 0 spiro atoms. The molecule has 54 heavy (non-hydrogen) atoms. The molecule has 1 N–H and O–H groups in total. The number of rotatable bonds is 47. The second-order valence-electron chi connectivity index (χ2n) is 16.9. The minimum atomic E-state index is 0.00413. The quantitative estimate of drug-likeness (QED) is 0.0494. The summed E-state index contributed by atoms with van der Waals surface area (Å²) in [6.45, 7) is 13.9. The monoisotopic (exact) mass is 766 g/mol. The Bertz CT molecular complexity index is 703. The molecule has 0 aliphatic heterocycles. The maximum atomic E-state index is 12.6. The smallest absolute Gasteiger partial charge is 0.305 e. The van der Waals surface area contributed by atoms with Crippen molar-refractivity contribution >= 4 is 5.97 Å². The number of ether oxygens (including phenoxy) is 3. The van der Waals surface area contributed by atoms with E-state index in [1.807, 2.05) is 0 Å². The highest BCUT2D eigenvalue weighted by atomic mass is 16.5. The molecule has 0 aliphatic carbocycles. The molecule has 0 aromatic carbocycles. The number of hydrogen-bond acceptors (Lipinski definition) is 5. The van der Waals surface area contributed by atoms with Crippen molar-refractivity contribution in [1.29, 1.82) is 0 Å². The molecular weight excluding hydrogens is 667 g/mol. The van der Waals surface area contributed by atoms with E-state index in [1.54, 1.807) is 0 Å². The fourth-order valence-corrected chi connectivity index (χ4v) is 7.54. The van der Waals surface area contributed by atoms with E-state index in [9.17, 15) is 4.79 Å². The predicted octanol–water partition coefficient (Wildman–Crippen LogP) is 15.3. The van der Waals surface area contributed by atoms with Gasteiger partial charge in [-0.05, 0) is 51.0 Å². The van der Waals surface area contributed by atoms with Gasteiger partial charge in [-0.3, -0.25) is 4.79 Å². The Hall–Kier alpha value is -0.650. The van der Waals surface area contributed by atoms with E-state index in [1.165, 1.54) is 193 Å². The third kappa shape index (κ3) is 42.5. The van der Waals surface area contributed by atoms with Gasteiger partial charge in [-0.25, -0.2) is 0 Å². The average molecular weight is 766 g/mol. The van der Waals surface area contributed by atoms with Crippen molar-refractivity contribution in [2.24, 2.45) is 5.92 Å². The number of unbranched alkanes of at least 4 members (excludes halogenated alkanes) is 28. The highest BCUT2D eigenvalue weighted by molar-refractivity contribution is 5.69. The number of hydrogen-bond donors (Lipinski definition) is 1. The molecule has 0 saturated carbocycles. The molecule has 5 heteroatoms. The molecule has 324 valence electrons. The number of esters is 1. The first-order valence-electron chi connectivity index (χ1n) is 24.7. The Morgan fingerprint density at radius 1 is 0.444 bits per heavy atom. The van der Waals surface area contributed by atoms with Gasteiger partial charge in [0.2, 0.25) is 0 Å². The molecule has 0 radical (unpaired) electrons. The van der Waals surface area contributed by atoms with Gasteiger partial charge in [0.1, 0.15) is 0 Å². The van der Waals surface area contributed by atoms with Crippen LogP contribution in [0.15, 0.2) is 0 Å². The Morgan fingerprint density at radius 2 is 0.852 bits per heavy atom. The molecule has 0 rings (SSSR count). The topological polar surface area (TPSA) is 56.8 Å². The minimum absolute atomic E-state index is 0.00413. The lowest BCUT2D eigenvalue weighted by Crippen LogP contribution is -2.34. The van der Waals surface area contributed by atoms with Gasteiger partial charge in [0.25, 0.3) is 0 Å². The molecule has 5 nitrogen and oxygen atoms in total. The van der Waals surface area contributed by atoms with E-state index in [-0.39, 0.29) is 12.1 Å². The molecular formula is C49H99NO4. The summed E-state index contributed by atoms with van der Waals surface area (Å²) in [5, 5.41) is 3.64. The van der Waals surface area contributed by atoms with Crippen molar-refractivity contribution in [1.82, 2.24) is 5.32 Å². The van der Waals surface area contributed by atoms with Crippen LogP contribution in [0.3, 0.4) is 0 Å². The summed E-state index contributed by atoms with van der Waals surface area (Å²) >= 11 is 0. The zero-order valence-corrected chi connectivity index (χ0v) is 37.5. The van der Waals surface area contributed by atoms with Gasteiger partial charge in [0.15, 0.2) is 0 Å². The number of carbonyl (C=O) groups excluding carboxylic acids is 1. The van der Waals surface area contributed by atoms with Crippen LogP contribution in [0.1, 0.15) is 259 Å². The molecule has 0 aliphatic rings. The highest BCUT2D eigenvalue weighted by Crippen LogP contribution is 2.20. The van der Waals surface area contributed by atoms with Gasteiger partial charge in [0.05, 0.1) is 19.3 Å². The Morgan fingerprint density at radius 3 is 1.35 bits per heavy atom. The first kappa shape index (κ1) is 53.4. The van der Waals surface area contributed by atoms with Crippen LogP contribution >= 0.6 is 0 Å². The highest BCUT2D eigenvalue weighted by Gasteiger charge is 2.13. The van der Waals surface area contributed by atoms with Crippen molar-refractivity contribution in [3.8, 4) is 0 Å². The summed E-state index contributed by atoms with van der Waals surface area (Å²) in [5.41, 5.74) is 0. The van der Waals surface area contributed by atoms with Crippen LogP contribution in [0, 0.1) is 5.92 Å². The van der Waals surface area contributed by atoms with Gasteiger partial charge < -0.3 is 19.5 Å². The van der Waals surface area contributed by atoms with Crippen molar-refractivity contribution in [3.05, 3.63) is 0 Å². The average Bonchev–Trinajstić information content (AvgIpc) is 3.18. The van der Waals surface area contributed by atoms with E-state index >= 15 is 0 Å². The van der Waals surface area contributed by atoms with Crippen LogP contribution in [0.5, 0.6) is 0 Å². The van der Waals surface area contributed by atoms with E-state index in [0.717, 1.165) is 58.4 Å². The minimum Gasteiger partial charge on any atom is -0.465 e. The molecule has 0 aromatic heterocycles. The van der Waals surface area contributed by atoms with Crippen LogP contribution in [-0.2, 0) is 19.0 Å². The maximum Gasteiger partial charge on any atom is 0.305 e. The number of nitrogens with one attached hydrogen (secondary N) is 1.